The van der Waals surface area contributed by atoms with Crippen LogP contribution in [0.2, 0.25) is 0 Å². The Morgan fingerprint density at radius 1 is 1.27 bits per heavy atom. The van der Waals surface area contributed by atoms with Gasteiger partial charge in [0.05, 0.1) is 6.20 Å². The predicted molar refractivity (Wildman–Crippen MR) is 90.7 cm³/mol. The molecular weight excluding hydrogens is 272 g/mol. The summed E-state index contributed by atoms with van der Waals surface area (Å²) in [6.07, 6.45) is 9.40. The number of fused-ring (bicyclic) bond motifs is 4. The van der Waals surface area contributed by atoms with Crippen molar-refractivity contribution in [2.24, 2.45) is 5.92 Å². The molecule has 0 radical (unpaired) electrons. The number of hydrogen-bond donors (Lipinski definition) is 0. The average molecular weight is 302 g/mol. The summed E-state index contributed by atoms with van der Waals surface area (Å²) in [5, 5.41) is 4.41. The van der Waals surface area contributed by atoms with Crippen molar-refractivity contribution in [1.82, 2.24) is 19.6 Å². The predicted octanol–water partition coefficient (Wildman–Crippen LogP) is 2.77. The van der Waals surface area contributed by atoms with Crippen LogP contribution in [0.25, 0.3) is 0 Å². The number of hydrogen-bond acceptors (Lipinski definition) is 3. The van der Waals surface area contributed by atoms with E-state index in [1.54, 1.807) is 0 Å². The van der Waals surface area contributed by atoms with Gasteiger partial charge in [0.25, 0.3) is 0 Å². The van der Waals surface area contributed by atoms with Crippen LogP contribution in [0.3, 0.4) is 0 Å². The van der Waals surface area contributed by atoms with Gasteiger partial charge in [-0.25, -0.2) is 0 Å². The van der Waals surface area contributed by atoms with E-state index in [1.807, 2.05) is 10.9 Å². The summed E-state index contributed by atoms with van der Waals surface area (Å²) in [6.45, 7) is 13.4. The fourth-order valence-corrected chi connectivity index (χ4v) is 3.85. The van der Waals surface area contributed by atoms with E-state index in [-0.39, 0.29) is 0 Å². The summed E-state index contributed by atoms with van der Waals surface area (Å²) in [6, 6.07) is 0.732. The molecule has 3 aliphatic heterocycles. The van der Waals surface area contributed by atoms with E-state index in [0.29, 0.717) is 0 Å². The first-order chi connectivity index (χ1) is 10.6. The third-order valence-electron chi connectivity index (χ3n) is 5.05. The van der Waals surface area contributed by atoms with Crippen LogP contribution in [0.1, 0.15) is 39.2 Å². The Hall–Kier alpha value is -1.13. The monoisotopic (exact) mass is 302 g/mol. The molecule has 2 atom stereocenters. The second-order valence-electron chi connectivity index (χ2n) is 7.23. The van der Waals surface area contributed by atoms with Crippen LogP contribution in [0, 0.1) is 5.92 Å². The van der Waals surface area contributed by atoms with Gasteiger partial charge < -0.3 is 0 Å². The number of allylic oxidation sites excluding steroid dienone is 1. The van der Waals surface area contributed by atoms with E-state index in [1.165, 1.54) is 43.6 Å². The van der Waals surface area contributed by atoms with Crippen LogP contribution in [0.5, 0.6) is 0 Å². The fraction of sp³-hybridized carbons (Fsp3) is 0.722. The van der Waals surface area contributed by atoms with E-state index < -0.39 is 0 Å². The number of aromatic nitrogens is 2. The topological polar surface area (TPSA) is 24.3 Å². The number of piperidine rings is 1. The van der Waals surface area contributed by atoms with Crippen molar-refractivity contribution in [2.75, 3.05) is 26.2 Å². The van der Waals surface area contributed by atoms with Gasteiger partial charge in [-0.2, -0.15) is 5.10 Å². The van der Waals surface area contributed by atoms with Crippen LogP contribution in [-0.4, -0.2) is 51.8 Å². The fourth-order valence-electron chi connectivity index (χ4n) is 3.85. The van der Waals surface area contributed by atoms with E-state index >= 15 is 0 Å². The smallest absolute Gasteiger partial charge is 0.0534 e. The molecule has 0 aliphatic carbocycles. The lowest BCUT2D eigenvalue weighted by atomic mass is 9.95. The lowest BCUT2D eigenvalue weighted by Gasteiger charge is -2.35. The summed E-state index contributed by atoms with van der Waals surface area (Å²) < 4.78 is 2.03. The van der Waals surface area contributed by atoms with Crippen molar-refractivity contribution in [3.63, 3.8) is 0 Å². The maximum Gasteiger partial charge on any atom is 0.0534 e. The lowest BCUT2D eigenvalue weighted by Crippen LogP contribution is -2.43. The molecule has 0 N–H and O–H groups in total. The molecule has 1 aromatic rings. The molecule has 122 valence electrons. The first kappa shape index (κ1) is 15.8. The van der Waals surface area contributed by atoms with Gasteiger partial charge in [0.15, 0.2) is 0 Å². The van der Waals surface area contributed by atoms with Gasteiger partial charge in [-0.05, 0) is 39.5 Å². The van der Waals surface area contributed by atoms with Crippen LogP contribution in [0.15, 0.2) is 24.0 Å². The van der Waals surface area contributed by atoms with Crippen molar-refractivity contribution >= 4 is 0 Å². The van der Waals surface area contributed by atoms with Gasteiger partial charge in [0.1, 0.15) is 0 Å². The van der Waals surface area contributed by atoms with E-state index in [2.05, 4.69) is 47.9 Å². The highest BCUT2D eigenvalue weighted by molar-refractivity contribution is 5.05. The molecule has 4 heteroatoms. The quantitative estimate of drug-likeness (QED) is 0.782. The van der Waals surface area contributed by atoms with Crippen molar-refractivity contribution in [3.05, 3.63) is 29.6 Å². The van der Waals surface area contributed by atoms with Crippen LogP contribution in [-0.2, 0) is 13.1 Å². The molecule has 4 heterocycles. The van der Waals surface area contributed by atoms with E-state index in [9.17, 15) is 0 Å². The molecule has 2 bridgehead atoms. The molecule has 1 aromatic heterocycles. The van der Waals surface area contributed by atoms with Crippen molar-refractivity contribution in [3.8, 4) is 0 Å². The van der Waals surface area contributed by atoms with Gasteiger partial charge in [-0.1, -0.05) is 11.6 Å². The minimum atomic E-state index is 0.732. The Morgan fingerprint density at radius 2 is 2.14 bits per heavy atom. The molecule has 3 aliphatic rings. The zero-order valence-corrected chi connectivity index (χ0v) is 14.3. The molecule has 0 amide bonds. The summed E-state index contributed by atoms with van der Waals surface area (Å²) in [7, 11) is 0. The zero-order chi connectivity index (χ0) is 15.5. The van der Waals surface area contributed by atoms with Crippen LogP contribution in [0.4, 0.5) is 0 Å². The number of rotatable bonds is 5. The molecule has 3 saturated heterocycles. The first-order valence-corrected chi connectivity index (χ1v) is 8.75. The molecule has 4 nitrogen and oxygen atoms in total. The Balaban J connectivity index is 1.63. The standard InChI is InChI=1S/C18H30N4/c1-4-22-13-17(9-19-22)11-20-10-16-5-6-18(14-20)21(12-16)8-7-15(2)3/h7,9,13,16,18H,4-6,8,10-12,14H2,1-3H3/t16-,18+/m1/s1. The van der Waals surface area contributed by atoms with Gasteiger partial charge in [-0.3, -0.25) is 14.5 Å². The summed E-state index contributed by atoms with van der Waals surface area (Å²) in [4.78, 5) is 5.36. The highest BCUT2D eigenvalue weighted by Gasteiger charge is 2.34. The van der Waals surface area contributed by atoms with Crippen LogP contribution < -0.4 is 0 Å². The van der Waals surface area contributed by atoms with Crippen LogP contribution >= 0.6 is 0 Å². The summed E-state index contributed by atoms with van der Waals surface area (Å²) in [5.41, 5.74) is 2.79. The Bertz CT molecular complexity index is 515. The third-order valence-corrected chi connectivity index (χ3v) is 5.05. The second kappa shape index (κ2) is 6.97. The zero-order valence-electron chi connectivity index (χ0n) is 14.3. The van der Waals surface area contributed by atoms with Gasteiger partial charge in [0.2, 0.25) is 0 Å². The van der Waals surface area contributed by atoms with Crippen molar-refractivity contribution in [2.45, 2.75) is 52.7 Å². The second-order valence-corrected chi connectivity index (χ2v) is 7.23. The molecule has 4 rings (SSSR count). The SMILES string of the molecule is CCn1cc(CN2C[C@H]3CC[C@@H](C2)N(CC=C(C)C)C3)cn1. The highest BCUT2D eigenvalue weighted by Crippen LogP contribution is 2.28. The molecule has 3 fully saturated rings. The Labute approximate surface area is 134 Å². The molecule has 0 spiro atoms. The minimum absolute atomic E-state index is 0.732. The normalized spacial score (nSPS) is 26.1. The molecule has 0 aromatic carbocycles. The van der Waals surface area contributed by atoms with Crippen molar-refractivity contribution in [1.29, 1.82) is 0 Å². The average Bonchev–Trinajstić information content (AvgIpc) is 2.77. The maximum atomic E-state index is 4.41. The first-order valence-electron chi connectivity index (χ1n) is 8.75. The van der Waals surface area contributed by atoms with E-state index in [4.69, 9.17) is 0 Å². The molecular formula is C18H30N4. The molecule has 0 unspecified atom stereocenters. The molecule has 0 saturated carbocycles. The number of aryl methyl sites for hydroxylation is 1. The lowest BCUT2D eigenvalue weighted by molar-refractivity contribution is 0.146. The van der Waals surface area contributed by atoms with Gasteiger partial charge >= 0.3 is 0 Å². The number of nitrogens with zero attached hydrogens (tertiary/aromatic N) is 4. The highest BCUT2D eigenvalue weighted by atomic mass is 15.3. The summed E-state index contributed by atoms with van der Waals surface area (Å²) >= 11 is 0. The Morgan fingerprint density at radius 3 is 2.86 bits per heavy atom. The summed E-state index contributed by atoms with van der Waals surface area (Å²) in [5.74, 6) is 0.838. The van der Waals surface area contributed by atoms with Gasteiger partial charge in [-0.15, -0.1) is 0 Å². The Kier molecular flexibility index (Phi) is 4.99. The van der Waals surface area contributed by atoms with Crippen molar-refractivity contribution < 1.29 is 0 Å². The maximum absolute atomic E-state index is 4.41. The molecule has 22 heavy (non-hydrogen) atoms. The third kappa shape index (κ3) is 3.79. The van der Waals surface area contributed by atoms with Gasteiger partial charge in [0, 0.05) is 57.1 Å². The van der Waals surface area contributed by atoms with E-state index in [0.717, 1.165) is 31.6 Å². The largest absolute Gasteiger partial charge is 0.297 e. The minimum Gasteiger partial charge on any atom is -0.297 e.